The first-order valence-corrected chi connectivity index (χ1v) is 6.95. The molecule has 1 aromatic rings. The summed E-state index contributed by atoms with van der Waals surface area (Å²) >= 11 is 0. The maximum atomic E-state index is 6.15. The molecule has 0 amide bonds. The Morgan fingerprint density at radius 3 is 2.71 bits per heavy atom. The first-order valence-electron chi connectivity index (χ1n) is 6.95. The molecular weight excluding hydrogens is 210 g/mol. The molecule has 0 aliphatic heterocycles. The van der Waals surface area contributed by atoms with Crippen molar-refractivity contribution in [1.82, 2.24) is 4.98 Å². The minimum Gasteiger partial charge on any atom is -0.474 e. The van der Waals surface area contributed by atoms with Gasteiger partial charge in [-0.25, -0.2) is 4.98 Å². The van der Waals surface area contributed by atoms with Crippen LogP contribution in [-0.2, 0) is 6.42 Å². The van der Waals surface area contributed by atoms with E-state index in [1.807, 2.05) is 12.3 Å². The Morgan fingerprint density at radius 1 is 1.24 bits per heavy atom. The van der Waals surface area contributed by atoms with Crippen LogP contribution < -0.4 is 4.74 Å². The Balaban J connectivity index is 1.70. The lowest BCUT2D eigenvalue weighted by Gasteiger charge is -2.28. The normalized spacial score (nSPS) is 31.5. The van der Waals surface area contributed by atoms with Crippen LogP contribution in [0.4, 0.5) is 0 Å². The van der Waals surface area contributed by atoms with Gasteiger partial charge < -0.3 is 4.74 Å². The maximum Gasteiger partial charge on any atom is 0.216 e. The Hall–Kier alpha value is -1.05. The first-order chi connectivity index (χ1) is 8.35. The van der Waals surface area contributed by atoms with Crippen molar-refractivity contribution in [2.75, 3.05) is 0 Å². The Labute approximate surface area is 103 Å². The molecule has 0 spiro atoms. The Kier molecular flexibility index (Phi) is 3.04. The van der Waals surface area contributed by atoms with Gasteiger partial charge in [0.1, 0.15) is 6.10 Å². The quantitative estimate of drug-likeness (QED) is 0.793. The molecule has 0 aromatic carbocycles. The first kappa shape index (κ1) is 11.1. The van der Waals surface area contributed by atoms with Crippen molar-refractivity contribution in [3.8, 4) is 5.88 Å². The highest BCUT2D eigenvalue weighted by molar-refractivity contribution is 5.25. The number of hydrogen-bond acceptors (Lipinski definition) is 2. The molecule has 3 rings (SSSR count). The van der Waals surface area contributed by atoms with Crippen LogP contribution in [0.5, 0.6) is 5.88 Å². The van der Waals surface area contributed by atoms with Crippen molar-refractivity contribution in [2.24, 2.45) is 11.8 Å². The van der Waals surface area contributed by atoms with Gasteiger partial charge in [0.2, 0.25) is 5.88 Å². The van der Waals surface area contributed by atoms with E-state index >= 15 is 0 Å². The van der Waals surface area contributed by atoms with Gasteiger partial charge in [0.05, 0.1) is 0 Å². The molecule has 1 heterocycles. The van der Waals surface area contributed by atoms with Gasteiger partial charge in [-0.2, -0.15) is 0 Å². The molecule has 2 saturated carbocycles. The zero-order valence-corrected chi connectivity index (χ0v) is 10.6. The van der Waals surface area contributed by atoms with Gasteiger partial charge in [-0.1, -0.05) is 25.8 Å². The van der Waals surface area contributed by atoms with Crippen LogP contribution in [0.1, 0.15) is 44.6 Å². The second-order valence-electron chi connectivity index (χ2n) is 5.58. The van der Waals surface area contributed by atoms with E-state index in [1.165, 1.54) is 37.7 Å². The van der Waals surface area contributed by atoms with Crippen LogP contribution in [0.3, 0.4) is 0 Å². The van der Waals surface area contributed by atoms with E-state index in [1.54, 1.807) is 0 Å². The van der Waals surface area contributed by atoms with E-state index in [9.17, 15) is 0 Å². The average Bonchev–Trinajstić information content (AvgIpc) is 2.69. The van der Waals surface area contributed by atoms with E-state index in [2.05, 4.69) is 18.0 Å². The van der Waals surface area contributed by atoms with Crippen LogP contribution in [0.15, 0.2) is 18.3 Å². The SMILES string of the molecule is CCc1cccnc1OC1C[C@H]2CC[C@@H](C1)C2. The van der Waals surface area contributed by atoms with Crippen molar-refractivity contribution in [1.29, 1.82) is 0 Å². The molecule has 1 unspecified atom stereocenters. The number of aryl methyl sites for hydroxylation is 1. The third-order valence-corrected chi connectivity index (χ3v) is 4.35. The van der Waals surface area contributed by atoms with Gasteiger partial charge in [0.15, 0.2) is 0 Å². The van der Waals surface area contributed by atoms with E-state index in [0.717, 1.165) is 24.1 Å². The number of hydrogen-bond donors (Lipinski definition) is 0. The molecule has 2 nitrogen and oxygen atoms in total. The van der Waals surface area contributed by atoms with Gasteiger partial charge in [0, 0.05) is 11.8 Å². The van der Waals surface area contributed by atoms with Gasteiger partial charge in [-0.3, -0.25) is 0 Å². The monoisotopic (exact) mass is 231 g/mol. The zero-order chi connectivity index (χ0) is 11.7. The number of ether oxygens (including phenoxy) is 1. The molecule has 0 saturated heterocycles. The molecule has 0 N–H and O–H groups in total. The second kappa shape index (κ2) is 4.67. The third kappa shape index (κ3) is 2.31. The summed E-state index contributed by atoms with van der Waals surface area (Å²) in [6.45, 7) is 2.16. The smallest absolute Gasteiger partial charge is 0.216 e. The van der Waals surface area contributed by atoms with Gasteiger partial charge >= 0.3 is 0 Å². The summed E-state index contributed by atoms with van der Waals surface area (Å²) in [5.41, 5.74) is 1.24. The summed E-state index contributed by atoms with van der Waals surface area (Å²) in [6.07, 6.45) is 10.0. The fourth-order valence-corrected chi connectivity index (χ4v) is 3.50. The highest BCUT2D eigenvalue weighted by Crippen LogP contribution is 2.43. The van der Waals surface area contributed by atoms with E-state index < -0.39 is 0 Å². The molecule has 2 bridgehead atoms. The van der Waals surface area contributed by atoms with Gasteiger partial charge in [-0.15, -0.1) is 0 Å². The molecule has 17 heavy (non-hydrogen) atoms. The molecule has 2 heteroatoms. The Bertz CT molecular complexity index is 378. The molecule has 2 aliphatic carbocycles. The summed E-state index contributed by atoms with van der Waals surface area (Å²) in [4.78, 5) is 4.39. The average molecular weight is 231 g/mol. The van der Waals surface area contributed by atoms with Crippen molar-refractivity contribution >= 4 is 0 Å². The lowest BCUT2D eigenvalue weighted by atomic mass is 9.87. The zero-order valence-electron chi connectivity index (χ0n) is 10.6. The second-order valence-corrected chi connectivity index (χ2v) is 5.58. The lowest BCUT2D eigenvalue weighted by Crippen LogP contribution is -2.26. The van der Waals surface area contributed by atoms with E-state index in [-0.39, 0.29) is 0 Å². The van der Waals surface area contributed by atoms with E-state index in [4.69, 9.17) is 4.74 Å². The minimum absolute atomic E-state index is 0.418. The van der Waals surface area contributed by atoms with Crippen LogP contribution in [0, 0.1) is 11.8 Å². The van der Waals surface area contributed by atoms with Crippen LogP contribution in [0.2, 0.25) is 0 Å². The highest BCUT2D eigenvalue weighted by Gasteiger charge is 2.35. The lowest BCUT2D eigenvalue weighted by molar-refractivity contribution is 0.113. The van der Waals surface area contributed by atoms with Crippen molar-refractivity contribution in [3.63, 3.8) is 0 Å². The number of pyridine rings is 1. The Morgan fingerprint density at radius 2 is 2.00 bits per heavy atom. The fourth-order valence-electron chi connectivity index (χ4n) is 3.50. The van der Waals surface area contributed by atoms with Crippen molar-refractivity contribution < 1.29 is 4.74 Å². The molecule has 92 valence electrons. The van der Waals surface area contributed by atoms with Crippen molar-refractivity contribution in [3.05, 3.63) is 23.9 Å². The molecule has 2 aliphatic rings. The standard InChI is InChI=1S/C15H21NO/c1-2-13-4-3-7-16-15(13)17-14-9-11-5-6-12(8-11)10-14/h3-4,7,11-12,14H,2,5-6,8-10H2,1H3/t11-,12+,14?. The largest absolute Gasteiger partial charge is 0.474 e. The predicted molar refractivity (Wildman–Crippen MR) is 68.1 cm³/mol. The molecule has 0 radical (unpaired) electrons. The predicted octanol–water partition coefficient (Wildman–Crippen LogP) is 3.60. The fraction of sp³-hybridized carbons (Fsp3) is 0.667. The summed E-state index contributed by atoms with van der Waals surface area (Å²) in [5.74, 6) is 2.72. The van der Waals surface area contributed by atoms with E-state index in [0.29, 0.717) is 6.10 Å². The van der Waals surface area contributed by atoms with Crippen molar-refractivity contribution in [2.45, 2.75) is 51.6 Å². The molecule has 2 fully saturated rings. The van der Waals surface area contributed by atoms with Crippen LogP contribution in [-0.4, -0.2) is 11.1 Å². The number of fused-ring (bicyclic) bond motifs is 2. The molecule has 1 aromatic heterocycles. The molecule has 3 atom stereocenters. The third-order valence-electron chi connectivity index (χ3n) is 4.35. The van der Waals surface area contributed by atoms with Gasteiger partial charge in [-0.05, 0) is 43.6 Å². The topological polar surface area (TPSA) is 22.1 Å². The number of aromatic nitrogens is 1. The maximum absolute atomic E-state index is 6.15. The van der Waals surface area contributed by atoms with Crippen LogP contribution >= 0.6 is 0 Å². The molecular formula is C15H21NO. The number of nitrogens with zero attached hydrogens (tertiary/aromatic N) is 1. The number of rotatable bonds is 3. The summed E-state index contributed by atoms with van der Waals surface area (Å²) in [7, 11) is 0. The van der Waals surface area contributed by atoms with Crippen LogP contribution in [0.25, 0.3) is 0 Å². The summed E-state index contributed by atoms with van der Waals surface area (Å²) < 4.78 is 6.15. The highest BCUT2D eigenvalue weighted by atomic mass is 16.5. The minimum atomic E-state index is 0.418. The summed E-state index contributed by atoms with van der Waals surface area (Å²) in [6, 6.07) is 4.12. The summed E-state index contributed by atoms with van der Waals surface area (Å²) in [5, 5.41) is 0. The van der Waals surface area contributed by atoms with Gasteiger partial charge in [0.25, 0.3) is 0 Å².